The number of rotatable bonds is 2. The van der Waals surface area contributed by atoms with Crippen LogP contribution in [0.5, 0.6) is 0 Å². The van der Waals surface area contributed by atoms with E-state index >= 15 is 17.6 Å². The van der Waals surface area contributed by atoms with E-state index in [4.69, 9.17) is 0 Å². The highest BCUT2D eigenvalue weighted by atomic mass is 32.1. The first-order valence-electron chi connectivity index (χ1n) is 8.80. The zero-order valence-electron chi connectivity index (χ0n) is 15.3. The molecule has 0 aliphatic carbocycles. The Labute approximate surface area is 182 Å². The third kappa shape index (κ3) is 2.65. The number of hydrogen-bond acceptors (Lipinski definition) is 2. The van der Waals surface area contributed by atoms with Gasteiger partial charge in [-0.05, 0) is 22.9 Å². The van der Waals surface area contributed by atoms with Crippen molar-refractivity contribution in [3.8, 4) is 20.9 Å². The highest BCUT2D eigenvalue weighted by Gasteiger charge is 2.33. The molecule has 5 aromatic rings. The predicted octanol–water partition coefficient (Wildman–Crippen LogP) is 8.56. The molecular weight excluding hydrogens is 480 g/mol. The average molecular weight is 486 g/mol. The van der Waals surface area contributed by atoms with Gasteiger partial charge in [-0.15, -0.1) is 22.7 Å². The molecular formula is C22H6F8S2. The third-order valence-corrected chi connectivity index (χ3v) is 6.84. The maximum Gasteiger partial charge on any atom is 0.198 e. The lowest BCUT2D eigenvalue weighted by molar-refractivity contribution is 0.416. The molecule has 5 rings (SSSR count). The first kappa shape index (κ1) is 20.9. The van der Waals surface area contributed by atoms with E-state index in [1.807, 2.05) is 0 Å². The molecule has 0 nitrogen and oxygen atoms in total. The molecule has 0 amide bonds. The molecule has 0 bridgehead atoms. The van der Waals surface area contributed by atoms with Gasteiger partial charge in [0.2, 0.25) is 0 Å². The van der Waals surface area contributed by atoms with Crippen molar-refractivity contribution in [1.82, 2.24) is 0 Å². The fourth-order valence-electron chi connectivity index (χ4n) is 3.79. The molecule has 162 valence electrons. The minimum Gasteiger partial charge on any atom is -0.203 e. The van der Waals surface area contributed by atoms with E-state index in [1.54, 1.807) is 0 Å². The average Bonchev–Trinajstić information content (AvgIpc) is 3.51. The Kier molecular flexibility index (Phi) is 4.75. The van der Waals surface area contributed by atoms with Gasteiger partial charge in [0.25, 0.3) is 0 Å². The molecule has 10 heteroatoms. The second-order valence-corrected chi connectivity index (χ2v) is 8.61. The molecule has 32 heavy (non-hydrogen) atoms. The lowest BCUT2D eigenvalue weighted by Gasteiger charge is -2.19. The number of benzene rings is 3. The minimum absolute atomic E-state index is 0.0219. The largest absolute Gasteiger partial charge is 0.203 e. The summed E-state index contributed by atoms with van der Waals surface area (Å²) in [6.07, 6.45) is 0. The van der Waals surface area contributed by atoms with Crippen molar-refractivity contribution in [2.24, 2.45) is 0 Å². The molecule has 0 saturated heterocycles. The second kappa shape index (κ2) is 7.28. The van der Waals surface area contributed by atoms with Gasteiger partial charge in [-0.1, -0.05) is 12.1 Å². The lowest BCUT2D eigenvalue weighted by Crippen LogP contribution is -2.06. The van der Waals surface area contributed by atoms with E-state index in [0.717, 1.165) is 22.7 Å². The summed E-state index contributed by atoms with van der Waals surface area (Å²) in [6.45, 7) is 0. The van der Waals surface area contributed by atoms with Gasteiger partial charge in [-0.2, -0.15) is 0 Å². The van der Waals surface area contributed by atoms with Crippen molar-refractivity contribution in [3.63, 3.8) is 0 Å². The van der Waals surface area contributed by atoms with Crippen LogP contribution >= 0.6 is 22.7 Å². The Hall–Kier alpha value is -2.98. The van der Waals surface area contributed by atoms with Crippen LogP contribution in [0.15, 0.2) is 35.0 Å². The number of hydrogen-bond donors (Lipinski definition) is 0. The standard InChI is InChI=1S/C22H6F8S2/c23-15-11-9(7-3-1-5-31-7)12-14(18(26)22(30)20(28)16(12)24)10(8-4-2-6-32-8)13(11)17(25)21(29)19(15)27/h1-6H. The van der Waals surface area contributed by atoms with Gasteiger partial charge in [-0.25, -0.2) is 35.1 Å². The summed E-state index contributed by atoms with van der Waals surface area (Å²) in [5.41, 5.74) is -1.23. The van der Waals surface area contributed by atoms with Crippen LogP contribution in [0.3, 0.4) is 0 Å². The van der Waals surface area contributed by atoms with E-state index in [-0.39, 0.29) is 9.75 Å². The van der Waals surface area contributed by atoms with E-state index in [2.05, 4.69) is 0 Å². The lowest BCUT2D eigenvalue weighted by atomic mass is 9.88. The zero-order valence-corrected chi connectivity index (χ0v) is 16.9. The van der Waals surface area contributed by atoms with Gasteiger partial charge in [0.1, 0.15) is 0 Å². The van der Waals surface area contributed by atoms with E-state index in [0.29, 0.717) is 0 Å². The van der Waals surface area contributed by atoms with Crippen molar-refractivity contribution in [3.05, 3.63) is 81.6 Å². The summed E-state index contributed by atoms with van der Waals surface area (Å²) in [7, 11) is 0. The van der Waals surface area contributed by atoms with Crippen molar-refractivity contribution in [2.75, 3.05) is 0 Å². The molecule has 0 N–H and O–H groups in total. The van der Waals surface area contributed by atoms with Gasteiger partial charge in [0.05, 0.1) is 0 Å². The van der Waals surface area contributed by atoms with Crippen molar-refractivity contribution >= 4 is 44.2 Å². The van der Waals surface area contributed by atoms with Crippen LogP contribution in [-0.2, 0) is 0 Å². The monoisotopic (exact) mass is 486 g/mol. The SMILES string of the molecule is Fc1c(F)c(F)c2c(-c3cccs3)c3c(F)c(F)c(F)c(F)c3c(-c3cccs3)c2c1F. The first-order chi connectivity index (χ1) is 15.3. The quantitative estimate of drug-likeness (QED) is 0.102. The Bertz CT molecular complexity index is 1340. The molecule has 0 spiro atoms. The first-order valence-corrected chi connectivity index (χ1v) is 10.6. The second-order valence-electron chi connectivity index (χ2n) is 6.72. The summed E-state index contributed by atoms with van der Waals surface area (Å²) >= 11 is 1.70. The Morgan fingerprint density at radius 1 is 0.406 bits per heavy atom. The Morgan fingerprint density at radius 2 is 0.688 bits per heavy atom. The van der Waals surface area contributed by atoms with Crippen LogP contribution < -0.4 is 0 Å². The predicted molar refractivity (Wildman–Crippen MR) is 108 cm³/mol. The molecule has 0 unspecified atom stereocenters. The molecule has 0 saturated carbocycles. The van der Waals surface area contributed by atoms with Gasteiger partial charge in [0, 0.05) is 42.4 Å². The Morgan fingerprint density at radius 3 is 0.906 bits per heavy atom. The highest BCUT2D eigenvalue weighted by Crippen LogP contribution is 2.50. The molecule has 0 radical (unpaired) electrons. The molecule has 0 aliphatic heterocycles. The third-order valence-electron chi connectivity index (χ3n) is 5.07. The Balaban J connectivity index is 2.26. The van der Waals surface area contributed by atoms with Crippen LogP contribution in [0.25, 0.3) is 42.4 Å². The van der Waals surface area contributed by atoms with E-state index in [1.165, 1.54) is 35.0 Å². The number of halogens is 8. The van der Waals surface area contributed by atoms with Crippen molar-refractivity contribution in [2.45, 2.75) is 0 Å². The highest BCUT2D eigenvalue weighted by molar-refractivity contribution is 7.14. The van der Waals surface area contributed by atoms with Gasteiger partial charge in [-0.3, -0.25) is 0 Å². The number of thiophene rings is 2. The topological polar surface area (TPSA) is 0 Å². The molecule has 0 atom stereocenters. The zero-order chi connectivity index (χ0) is 22.9. The van der Waals surface area contributed by atoms with Crippen LogP contribution in [-0.4, -0.2) is 0 Å². The summed E-state index contributed by atoms with van der Waals surface area (Å²) in [4.78, 5) is -0.0438. The summed E-state index contributed by atoms with van der Waals surface area (Å²) in [5, 5.41) is -0.758. The molecule has 2 heterocycles. The van der Waals surface area contributed by atoms with Crippen molar-refractivity contribution in [1.29, 1.82) is 0 Å². The van der Waals surface area contributed by atoms with Crippen LogP contribution in [0.4, 0.5) is 35.1 Å². The fraction of sp³-hybridized carbons (Fsp3) is 0. The normalized spacial score (nSPS) is 11.8. The van der Waals surface area contributed by atoms with Gasteiger partial charge >= 0.3 is 0 Å². The maximum atomic E-state index is 15.1. The van der Waals surface area contributed by atoms with E-state index in [9.17, 15) is 17.6 Å². The van der Waals surface area contributed by atoms with Crippen LogP contribution in [0.2, 0.25) is 0 Å². The molecule has 0 fully saturated rings. The molecule has 0 aliphatic rings. The number of fused-ring (bicyclic) bond motifs is 2. The fourth-order valence-corrected chi connectivity index (χ4v) is 5.35. The van der Waals surface area contributed by atoms with Gasteiger partial charge in [0.15, 0.2) is 46.5 Å². The minimum atomic E-state index is -2.17. The van der Waals surface area contributed by atoms with E-state index < -0.39 is 79.2 Å². The molecule has 3 aromatic carbocycles. The van der Waals surface area contributed by atoms with Crippen molar-refractivity contribution < 1.29 is 35.1 Å². The van der Waals surface area contributed by atoms with Crippen LogP contribution in [0, 0.1) is 46.5 Å². The summed E-state index contributed by atoms with van der Waals surface area (Å²) in [6, 6.07) is 5.43. The molecule has 2 aromatic heterocycles. The van der Waals surface area contributed by atoms with Crippen LogP contribution in [0.1, 0.15) is 0 Å². The summed E-state index contributed by atoms with van der Waals surface area (Å²) in [5.74, 6) is -16.2. The van der Waals surface area contributed by atoms with Gasteiger partial charge < -0.3 is 0 Å². The smallest absolute Gasteiger partial charge is 0.198 e. The summed E-state index contributed by atoms with van der Waals surface area (Å²) < 4.78 is 117. The maximum absolute atomic E-state index is 15.1.